The van der Waals surface area contributed by atoms with Gasteiger partial charge in [-0.05, 0) is 37.6 Å². The molecule has 0 aliphatic carbocycles. The van der Waals surface area contributed by atoms with E-state index < -0.39 is 10.0 Å². The van der Waals surface area contributed by atoms with E-state index in [1.165, 1.54) is 4.90 Å². The lowest BCUT2D eigenvalue weighted by Gasteiger charge is -2.23. The van der Waals surface area contributed by atoms with E-state index in [-0.39, 0.29) is 4.90 Å². The summed E-state index contributed by atoms with van der Waals surface area (Å²) in [6, 6.07) is 4.96. The van der Waals surface area contributed by atoms with Gasteiger partial charge < -0.3 is 14.4 Å². The van der Waals surface area contributed by atoms with Crippen molar-refractivity contribution in [2.45, 2.75) is 25.2 Å². The Morgan fingerprint density at radius 2 is 2.04 bits per heavy atom. The quantitative estimate of drug-likeness (QED) is 0.651. The van der Waals surface area contributed by atoms with E-state index in [0.717, 1.165) is 50.6 Å². The monoisotopic (exact) mass is 343 g/mol. The Hall–Kier alpha value is -1.15. The molecule has 1 aliphatic rings. The van der Waals surface area contributed by atoms with Crippen LogP contribution in [0.1, 0.15) is 18.9 Å². The molecule has 1 heterocycles. The van der Waals surface area contributed by atoms with Crippen molar-refractivity contribution >= 4 is 10.0 Å². The highest BCUT2D eigenvalue weighted by Crippen LogP contribution is 2.21. The number of sulfonamides is 1. The van der Waals surface area contributed by atoms with Gasteiger partial charge in [0.2, 0.25) is 10.0 Å². The topological polar surface area (TPSA) is 69.1 Å². The molecule has 0 atom stereocenters. The summed E-state index contributed by atoms with van der Waals surface area (Å²) in [5.41, 5.74) is 0.826. The maximum Gasteiger partial charge on any atom is 0.240 e. The van der Waals surface area contributed by atoms with Crippen LogP contribution in [0.25, 0.3) is 0 Å². The van der Waals surface area contributed by atoms with E-state index in [2.05, 4.69) is 4.72 Å². The second-order valence-corrected chi connectivity index (χ2v) is 7.49. The predicted octanol–water partition coefficient (Wildman–Crippen LogP) is -0.0228. The standard InChI is InChI=1S/C16H26N2O4S/c1-3-22-16-6-5-15(13-14(16)2)23(19,20)17-7-4-8-18-9-11-21-12-10-18/h5-6,13,17H,3-4,7-12H2,1-2H3/p+1. The van der Waals surface area contributed by atoms with Gasteiger partial charge in [-0.3, -0.25) is 0 Å². The van der Waals surface area contributed by atoms with Gasteiger partial charge in [0.1, 0.15) is 18.8 Å². The SMILES string of the molecule is CCOc1ccc(S(=O)(=O)NCCC[NH+]2CCOCC2)cc1C. The molecule has 130 valence electrons. The second kappa shape index (κ2) is 8.63. The van der Waals surface area contributed by atoms with E-state index in [0.29, 0.717) is 13.2 Å². The Labute approximate surface area is 138 Å². The molecule has 23 heavy (non-hydrogen) atoms. The smallest absolute Gasteiger partial charge is 0.240 e. The fraction of sp³-hybridized carbons (Fsp3) is 0.625. The molecule has 0 saturated carbocycles. The lowest BCUT2D eigenvalue weighted by atomic mass is 10.2. The zero-order valence-corrected chi connectivity index (χ0v) is 14.7. The number of rotatable bonds is 8. The summed E-state index contributed by atoms with van der Waals surface area (Å²) in [4.78, 5) is 1.77. The van der Waals surface area contributed by atoms with Crippen molar-refractivity contribution in [2.24, 2.45) is 0 Å². The average molecular weight is 343 g/mol. The normalized spacial score (nSPS) is 16.4. The summed E-state index contributed by atoms with van der Waals surface area (Å²) < 4.78 is 38.1. The summed E-state index contributed by atoms with van der Waals surface area (Å²) in [5, 5.41) is 0. The summed E-state index contributed by atoms with van der Waals surface area (Å²) in [6.07, 6.45) is 0.824. The van der Waals surface area contributed by atoms with Crippen molar-refractivity contribution in [3.63, 3.8) is 0 Å². The molecule has 2 rings (SSSR count). The largest absolute Gasteiger partial charge is 0.494 e. The molecule has 7 heteroatoms. The highest BCUT2D eigenvalue weighted by atomic mass is 32.2. The van der Waals surface area contributed by atoms with Gasteiger partial charge in [-0.25, -0.2) is 13.1 Å². The van der Waals surface area contributed by atoms with E-state index in [9.17, 15) is 8.42 Å². The maximum atomic E-state index is 12.3. The first-order chi connectivity index (χ1) is 11.0. The number of quaternary nitrogens is 1. The molecule has 0 aromatic heterocycles. The average Bonchev–Trinajstić information content (AvgIpc) is 2.54. The van der Waals surface area contributed by atoms with Gasteiger partial charge in [-0.2, -0.15) is 0 Å². The number of aryl methyl sites for hydroxylation is 1. The summed E-state index contributed by atoms with van der Waals surface area (Å²) >= 11 is 0. The maximum absolute atomic E-state index is 12.3. The first-order valence-corrected chi connectivity index (χ1v) is 9.65. The van der Waals surface area contributed by atoms with Crippen LogP contribution in [0.4, 0.5) is 0 Å². The van der Waals surface area contributed by atoms with Gasteiger partial charge in [0.15, 0.2) is 0 Å². The molecule has 1 aromatic rings. The molecular weight excluding hydrogens is 316 g/mol. The van der Waals surface area contributed by atoms with E-state index >= 15 is 0 Å². The summed E-state index contributed by atoms with van der Waals surface area (Å²) in [6.45, 7) is 9.35. The number of nitrogens with one attached hydrogen (secondary N) is 2. The Kier molecular flexibility index (Phi) is 6.83. The number of morpholine rings is 1. The van der Waals surface area contributed by atoms with Crippen LogP contribution >= 0.6 is 0 Å². The molecule has 0 spiro atoms. The van der Waals surface area contributed by atoms with Crippen LogP contribution in [0.3, 0.4) is 0 Å². The molecule has 1 aliphatic heterocycles. The molecule has 0 unspecified atom stereocenters. The molecule has 0 radical (unpaired) electrons. The molecular formula is C16H27N2O4S+. The highest BCUT2D eigenvalue weighted by molar-refractivity contribution is 7.89. The Balaban J connectivity index is 1.84. The summed E-state index contributed by atoms with van der Waals surface area (Å²) in [5.74, 6) is 0.724. The molecule has 1 aromatic carbocycles. The van der Waals surface area contributed by atoms with Crippen LogP contribution in [0.2, 0.25) is 0 Å². The van der Waals surface area contributed by atoms with E-state index in [1.54, 1.807) is 18.2 Å². The van der Waals surface area contributed by atoms with Crippen molar-refractivity contribution in [1.29, 1.82) is 0 Å². The molecule has 0 bridgehead atoms. The Bertz CT molecular complexity index is 598. The third-order valence-electron chi connectivity index (χ3n) is 3.96. The number of benzene rings is 1. The number of hydrogen-bond donors (Lipinski definition) is 2. The zero-order chi connectivity index (χ0) is 16.7. The van der Waals surface area contributed by atoms with Gasteiger partial charge in [-0.15, -0.1) is 0 Å². The second-order valence-electron chi connectivity index (χ2n) is 5.72. The van der Waals surface area contributed by atoms with Gasteiger partial charge in [-0.1, -0.05) is 0 Å². The van der Waals surface area contributed by atoms with E-state index in [1.807, 2.05) is 13.8 Å². The predicted molar refractivity (Wildman–Crippen MR) is 88.5 cm³/mol. The third-order valence-corrected chi connectivity index (χ3v) is 5.41. The lowest BCUT2D eigenvalue weighted by molar-refractivity contribution is -0.908. The van der Waals surface area contributed by atoms with Crippen molar-refractivity contribution in [1.82, 2.24) is 4.72 Å². The van der Waals surface area contributed by atoms with Gasteiger partial charge in [0, 0.05) is 13.0 Å². The molecule has 0 amide bonds. The van der Waals surface area contributed by atoms with Crippen molar-refractivity contribution < 1.29 is 22.8 Å². The van der Waals surface area contributed by atoms with Crippen molar-refractivity contribution in [2.75, 3.05) is 46.0 Å². The van der Waals surface area contributed by atoms with Crippen LogP contribution < -0.4 is 14.4 Å². The Morgan fingerprint density at radius 3 is 2.70 bits per heavy atom. The Morgan fingerprint density at radius 1 is 1.30 bits per heavy atom. The lowest BCUT2D eigenvalue weighted by Crippen LogP contribution is -3.14. The molecule has 2 N–H and O–H groups in total. The zero-order valence-electron chi connectivity index (χ0n) is 13.9. The fourth-order valence-corrected chi connectivity index (χ4v) is 3.80. The molecule has 6 nitrogen and oxygen atoms in total. The van der Waals surface area contributed by atoms with Gasteiger partial charge in [0.25, 0.3) is 0 Å². The van der Waals surface area contributed by atoms with Crippen LogP contribution in [-0.2, 0) is 14.8 Å². The van der Waals surface area contributed by atoms with Crippen LogP contribution in [0.15, 0.2) is 23.1 Å². The summed E-state index contributed by atoms with van der Waals surface area (Å²) in [7, 11) is -3.46. The first kappa shape index (κ1) is 18.2. The third kappa shape index (κ3) is 5.46. The van der Waals surface area contributed by atoms with Crippen LogP contribution in [-0.4, -0.2) is 54.4 Å². The van der Waals surface area contributed by atoms with Crippen molar-refractivity contribution in [3.8, 4) is 5.75 Å². The van der Waals surface area contributed by atoms with E-state index in [4.69, 9.17) is 9.47 Å². The van der Waals surface area contributed by atoms with Gasteiger partial charge >= 0.3 is 0 Å². The fourth-order valence-electron chi connectivity index (χ4n) is 2.64. The number of ether oxygens (including phenoxy) is 2. The molecule has 1 saturated heterocycles. The minimum absolute atomic E-state index is 0.289. The van der Waals surface area contributed by atoms with Gasteiger partial charge in [0.05, 0.1) is 31.3 Å². The number of hydrogen-bond acceptors (Lipinski definition) is 4. The van der Waals surface area contributed by atoms with Crippen LogP contribution in [0.5, 0.6) is 5.75 Å². The highest BCUT2D eigenvalue weighted by Gasteiger charge is 2.16. The molecule has 1 fully saturated rings. The first-order valence-electron chi connectivity index (χ1n) is 8.17. The van der Waals surface area contributed by atoms with Crippen LogP contribution in [0, 0.1) is 6.92 Å². The minimum Gasteiger partial charge on any atom is -0.494 e. The van der Waals surface area contributed by atoms with Crippen molar-refractivity contribution in [3.05, 3.63) is 23.8 Å². The minimum atomic E-state index is -3.46.